The summed E-state index contributed by atoms with van der Waals surface area (Å²) in [6, 6.07) is 9.46. The van der Waals surface area contributed by atoms with Gasteiger partial charge in [-0.3, -0.25) is 14.9 Å². The fraction of sp³-hybridized carbons (Fsp3) is 0. The van der Waals surface area contributed by atoms with Gasteiger partial charge in [-0.1, -0.05) is 11.6 Å². The Labute approximate surface area is 150 Å². The van der Waals surface area contributed by atoms with Crippen LogP contribution < -0.4 is 5.32 Å². The Morgan fingerprint density at radius 1 is 1.24 bits per heavy atom. The third-order valence-electron chi connectivity index (χ3n) is 3.19. The number of rotatable bonds is 3. The third kappa shape index (κ3) is 4.04. The molecule has 0 saturated carbocycles. The van der Waals surface area contributed by atoms with Crippen molar-refractivity contribution in [3.05, 3.63) is 73.9 Å². The fourth-order valence-corrected chi connectivity index (χ4v) is 3.01. The van der Waals surface area contributed by atoms with Gasteiger partial charge in [0.05, 0.1) is 15.5 Å². The lowest BCUT2D eigenvalue weighted by molar-refractivity contribution is -0.384. The maximum Gasteiger partial charge on any atom is 0.270 e. The number of thioether (sulfide) groups is 1. The number of carbonyl (C=O) groups is 1. The van der Waals surface area contributed by atoms with E-state index in [2.05, 4.69) is 10.3 Å². The van der Waals surface area contributed by atoms with E-state index in [0.29, 0.717) is 21.3 Å². The molecule has 126 valence electrons. The van der Waals surface area contributed by atoms with Gasteiger partial charge in [0.2, 0.25) is 0 Å². The number of nitro groups is 1. The lowest BCUT2D eigenvalue weighted by Gasteiger charge is -1.99. The number of non-ortho nitro benzene ring substituents is 1. The fourth-order valence-electron chi connectivity index (χ4n) is 2.01. The zero-order valence-electron chi connectivity index (χ0n) is 12.4. The minimum Gasteiger partial charge on any atom is -0.300 e. The highest BCUT2D eigenvalue weighted by Crippen LogP contribution is 2.31. The summed E-state index contributed by atoms with van der Waals surface area (Å²) in [7, 11) is 0. The molecule has 9 heteroatoms. The maximum atomic E-state index is 12.9. The number of nitrogens with one attached hydrogen (secondary N) is 1. The summed E-state index contributed by atoms with van der Waals surface area (Å²) >= 11 is 7.10. The Hall–Kier alpha value is -2.71. The van der Waals surface area contributed by atoms with Gasteiger partial charge in [-0.15, -0.1) is 0 Å². The van der Waals surface area contributed by atoms with E-state index in [0.717, 1.165) is 11.8 Å². The first-order chi connectivity index (χ1) is 11.9. The van der Waals surface area contributed by atoms with Crippen molar-refractivity contribution < 1.29 is 14.1 Å². The SMILES string of the molecule is O=C1NC(=Nc2ccc(F)cc2)S/C1=C/c1cc([N+](=O)[O-])ccc1Cl. The van der Waals surface area contributed by atoms with Gasteiger partial charge >= 0.3 is 0 Å². The first kappa shape index (κ1) is 17.1. The molecule has 1 saturated heterocycles. The van der Waals surface area contributed by atoms with Crippen LogP contribution in [0.3, 0.4) is 0 Å². The zero-order chi connectivity index (χ0) is 18.0. The van der Waals surface area contributed by atoms with Crippen molar-refractivity contribution in [1.82, 2.24) is 5.32 Å². The van der Waals surface area contributed by atoms with Crippen molar-refractivity contribution in [3.63, 3.8) is 0 Å². The van der Waals surface area contributed by atoms with Crippen LogP contribution in [-0.2, 0) is 4.79 Å². The summed E-state index contributed by atoms with van der Waals surface area (Å²) in [4.78, 5) is 26.9. The molecule has 0 atom stereocenters. The third-order valence-corrected chi connectivity index (χ3v) is 4.44. The Balaban J connectivity index is 1.88. The van der Waals surface area contributed by atoms with E-state index >= 15 is 0 Å². The number of amidine groups is 1. The number of hydrogen-bond donors (Lipinski definition) is 1. The maximum absolute atomic E-state index is 12.9. The molecule has 1 aliphatic rings. The number of carbonyl (C=O) groups excluding carboxylic acids is 1. The van der Waals surface area contributed by atoms with Crippen molar-refractivity contribution >= 4 is 51.9 Å². The Kier molecular flexibility index (Phi) is 4.82. The van der Waals surface area contributed by atoms with Gasteiger partial charge in [0, 0.05) is 22.7 Å². The summed E-state index contributed by atoms with van der Waals surface area (Å²) in [6.45, 7) is 0. The molecule has 1 heterocycles. The van der Waals surface area contributed by atoms with Crippen molar-refractivity contribution in [2.45, 2.75) is 0 Å². The number of halogens is 2. The quantitative estimate of drug-likeness (QED) is 0.491. The molecule has 0 aromatic heterocycles. The normalized spacial score (nSPS) is 17.1. The van der Waals surface area contributed by atoms with Gasteiger partial charge in [0.15, 0.2) is 5.17 Å². The van der Waals surface area contributed by atoms with Crippen molar-refractivity contribution in [3.8, 4) is 0 Å². The number of amides is 1. The molecular weight excluding hydrogens is 369 g/mol. The Bertz CT molecular complexity index is 929. The first-order valence-electron chi connectivity index (χ1n) is 6.91. The number of nitro benzene ring substituents is 1. The lowest BCUT2D eigenvalue weighted by Crippen LogP contribution is -2.19. The van der Waals surface area contributed by atoms with E-state index in [1.54, 1.807) is 0 Å². The predicted octanol–water partition coefficient (Wildman–Crippen LogP) is 4.28. The molecule has 0 spiro atoms. The predicted molar refractivity (Wildman–Crippen MR) is 95.3 cm³/mol. The highest BCUT2D eigenvalue weighted by Gasteiger charge is 2.24. The molecular formula is C16H9ClFN3O3S. The highest BCUT2D eigenvalue weighted by atomic mass is 35.5. The van der Waals surface area contributed by atoms with Crippen LogP contribution in [0.5, 0.6) is 0 Å². The molecule has 25 heavy (non-hydrogen) atoms. The Morgan fingerprint density at radius 2 is 1.96 bits per heavy atom. The van der Waals surface area contributed by atoms with E-state index in [1.807, 2.05) is 0 Å². The molecule has 1 amide bonds. The molecule has 1 fully saturated rings. The highest BCUT2D eigenvalue weighted by molar-refractivity contribution is 8.18. The van der Waals surface area contributed by atoms with Crippen molar-refractivity contribution in [1.29, 1.82) is 0 Å². The minimum atomic E-state index is -0.540. The molecule has 1 N–H and O–H groups in total. The monoisotopic (exact) mass is 377 g/mol. The molecule has 6 nitrogen and oxygen atoms in total. The van der Waals surface area contributed by atoms with Gasteiger partial charge < -0.3 is 5.32 Å². The average Bonchev–Trinajstić information content (AvgIpc) is 2.91. The van der Waals surface area contributed by atoms with E-state index < -0.39 is 10.8 Å². The van der Waals surface area contributed by atoms with Gasteiger partial charge in [-0.05, 0) is 48.2 Å². The van der Waals surface area contributed by atoms with Crippen LogP contribution >= 0.6 is 23.4 Å². The molecule has 0 bridgehead atoms. The Morgan fingerprint density at radius 3 is 2.64 bits per heavy atom. The minimum absolute atomic E-state index is 0.125. The second kappa shape index (κ2) is 7.04. The second-order valence-corrected chi connectivity index (χ2v) is 6.36. The molecule has 0 unspecified atom stereocenters. The second-order valence-electron chi connectivity index (χ2n) is 4.92. The van der Waals surface area contributed by atoms with Crippen molar-refractivity contribution in [2.24, 2.45) is 4.99 Å². The molecule has 2 aromatic carbocycles. The van der Waals surface area contributed by atoms with E-state index in [-0.39, 0.29) is 16.5 Å². The largest absolute Gasteiger partial charge is 0.300 e. The van der Waals surface area contributed by atoms with Crippen LogP contribution in [0.4, 0.5) is 15.8 Å². The molecule has 2 aromatic rings. The van der Waals surface area contributed by atoms with Crippen LogP contribution in [0.25, 0.3) is 6.08 Å². The molecule has 0 aliphatic carbocycles. The smallest absolute Gasteiger partial charge is 0.270 e. The summed E-state index contributed by atoms with van der Waals surface area (Å²) in [5, 5.41) is 14.0. The van der Waals surface area contributed by atoms with Crippen LogP contribution in [0, 0.1) is 15.9 Å². The summed E-state index contributed by atoms with van der Waals surface area (Å²) < 4.78 is 12.9. The van der Waals surface area contributed by atoms with E-state index in [1.165, 1.54) is 48.5 Å². The van der Waals surface area contributed by atoms with Crippen LogP contribution in [0.1, 0.15) is 5.56 Å². The molecule has 3 rings (SSSR count). The number of aliphatic imine (C=N–C) groups is 1. The van der Waals surface area contributed by atoms with E-state index in [9.17, 15) is 19.3 Å². The number of nitrogens with zero attached hydrogens (tertiary/aromatic N) is 2. The number of hydrogen-bond acceptors (Lipinski definition) is 5. The van der Waals surface area contributed by atoms with E-state index in [4.69, 9.17) is 11.6 Å². The van der Waals surface area contributed by atoms with Gasteiger partial charge in [0.25, 0.3) is 11.6 Å². The first-order valence-corrected chi connectivity index (χ1v) is 8.11. The summed E-state index contributed by atoms with van der Waals surface area (Å²) in [6.07, 6.45) is 1.46. The standard InChI is InChI=1S/C16H9ClFN3O3S/c17-13-6-5-12(21(23)24)7-9(13)8-14-15(22)20-16(25-14)19-11-3-1-10(18)2-4-11/h1-8H,(H,19,20,22)/b14-8+. The summed E-state index contributed by atoms with van der Waals surface area (Å²) in [5.74, 6) is -0.776. The average molecular weight is 378 g/mol. The molecule has 1 aliphatic heterocycles. The number of benzene rings is 2. The lowest BCUT2D eigenvalue weighted by atomic mass is 10.2. The van der Waals surface area contributed by atoms with Gasteiger partial charge in [-0.25, -0.2) is 9.38 Å². The van der Waals surface area contributed by atoms with Gasteiger partial charge in [0.1, 0.15) is 5.82 Å². The van der Waals surface area contributed by atoms with Crippen LogP contribution in [-0.4, -0.2) is 16.0 Å². The zero-order valence-corrected chi connectivity index (χ0v) is 14.0. The topological polar surface area (TPSA) is 84.6 Å². The van der Waals surface area contributed by atoms with Gasteiger partial charge in [-0.2, -0.15) is 0 Å². The molecule has 0 radical (unpaired) electrons. The van der Waals surface area contributed by atoms with Crippen LogP contribution in [0.15, 0.2) is 52.4 Å². The van der Waals surface area contributed by atoms with Crippen LogP contribution in [0.2, 0.25) is 5.02 Å². The van der Waals surface area contributed by atoms with Crippen molar-refractivity contribution in [2.75, 3.05) is 0 Å². The summed E-state index contributed by atoms with van der Waals surface area (Å²) in [5.41, 5.74) is 0.718.